The van der Waals surface area contributed by atoms with Crippen molar-refractivity contribution >= 4 is 23.1 Å². The van der Waals surface area contributed by atoms with Crippen molar-refractivity contribution in [2.45, 2.75) is 43.3 Å². The van der Waals surface area contributed by atoms with Gasteiger partial charge in [-0.05, 0) is 31.2 Å². The number of hydrogen-bond acceptors (Lipinski definition) is 7. The van der Waals surface area contributed by atoms with E-state index in [1.807, 2.05) is 5.32 Å². The fourth-order valence-corrected chi connectivity index (χ4v) is 4.38. The highest BCUT2D eigenvalue weighted by Gasteiger charge is 2.58. The Hall–Kier alpha value is -4.36. The van der Waals surface area contributed by atoms with E-state index < -0.39 is 96.1 Å². The lowest BCUT2D eigenvalue weighted by Gasteiger charge is -2.29. The van der Waals surface area contributed by atoms with Crippen LogP contribution in [0.15, 0.2) is 30.6 Å². The Labute approximate surface area is 239 Å². The number of halogens is 10. The van der Waals surface area contributed by atoms with Crippen LogP contribution in [0.4, 0.5) is 49.7 Å². The first-order chi connectivity index (χ1) is 20.1. The Kier molecular flexibility index (Phi) is 8.12. The molecule has 1 fully saturated rings. The summed E-state index contributed by atoms with van der Waals surface area (Å²) in [6, 6.07) is 1.55. The molecule has 10 nitrogen and oxygen atoms in total. The summed E-state index contributed by atoms with van der Waals surface area (Å²) in [5, 5.41) is 15.4. The van der Waals surface area contributed by atoms with Gasteiger partial charge in [-0.15, -0.1) is 0 Å². The number of fused-ring (bicyclic) bond motifs is 1. The summed E-state index contributed by atoms with van der Waals surface area (Å²) in [7, 11) is 0. The van der Waals surface area contributed by atoms with Crippen molar-refractivity contribution in [1.29, 1.82) is 0 Å². The number of aliphatic hydroxyl groups is 1. The smallest absolute Gasteiger partial charge is 0.426 e. The number of nitrogen functional groups attached to an aromatic ring is 1. The molecule has 20 heteroatoms. The van der Waals surface area contributed by atoms with Gasteiger partial charge in [0.15, 0.2) is 12.4 Å². The summed E-state index contributed by atoms with van der Waals surface area (Å²) in [4.78, 5) is 29.3. The SMILES string of the molecule is C[C@@](O)(C(=O)N1C[C@H](F)[C@H](NC(=O)c2cc(-c3cc(C(F)(F)F)c4c(N)ncnn34)ccc2OCC(F)(F)F)C1)C(F)(F)F. The Bertz CT molecular complexity index is 1580. The van der Waals surface area contributed by atoms with Gasteiger partial charge in [0.05, 0.1) is 29.4 Å². The van der Waals surface area contributed by atoms with Gasteiger partial charge in [-0.1, -0.05) is 0 Å². The zero-order valence-corrected chi connectivity index (χ0v) is 22.0. The van der Waals surface area contributed by atoms with Crippen molar-refractivity contribution in [1.82, 2.24) is 24.8 Å². The fourth-order valence-electron chi connectivity index (χ4n) is 4.38. The molecule has 3 atom stereocenters. The van der Waals surface area contributed by atoms with E-state index in [0.29, 0.717) is 11.0 Å². The minimum Gasteiger partial charge on any atom is -0.483 e. The molecule has 0 spiro atoms. The maximum absolute atomic E-state index is 14.7. The predicted octanol–water partition coefficient (Wildman–Crippen LogP) is 3.53. The third-order valence-electron chi connectivity index (χ3n) is 6.62. The molecule has 1 aromatic carbocycles. The number of nitrogens with two attached hydrogens (primary N) is 1. The third kappa shape index (κ3) is 6.29. The molecule has 3 aromatic rings. The molecule has 2 aromatic heterocycles. The van der Waals surface area contributed by atoms with E-state index in [-0.39, 0.29) is 18.2 Å². The Morgan fingerprint density at radius 3 is 2.34 bits per heavy atom. The van der Waals surface area contributed by atoms with Gasteiger partial charge in [0.2, 0.25) is 5.60 Å². The van der Waals surface area contributed by atoms with Crippen LogP contribution in [0.25, 0.3) is 16.8 Å². The Morgan fingerprint density at radius 2 is 1.75 bits per heavy atom. The third-order valence-corrected chi connectivity index (χ3v) is 6.62. The summed E-state index contributed by atoms with van der Waals surface area (Å²) in [5.74, 6) is -4.57. The number of nitrogens with zero attached hydrogens (tertiary/aromatic N) is 4. The molecule has 44 heavy (non-hydrogen) atoms. The van der Waals surface area contributed by atoms with Crippen LogP contribution in [0, 0.1) is 0 Å². The van der Waals surface area contributed by atoms with Crippen LogP contribution in [0.3, 0.4) is 0 Å². The number of carbonyl (C=O) groups is 2. The van der Waals surface area contributed by atoms with Gasteiger partial charge in [0.25, 0.3) is 11.8 Å². The van der Waals surface area contributed by atoms with Gasteiger partial charge in [0.1, 0.15) is 23.8 Å². The number of alkyl halides is 10. The molecule has 240 valence electrons. The number of amides is 2. The highest BCUT2D eigenvalue weighted by molar-refractivity contribution is 5.98. The van der Waals surface area contributed by atoms with E-state index in [1.54, 1.807) is 0 Å². The molecule has 4 N–H and O–H groups in total. The molecule has 0 saturated carbocycles. The summed E-state index contributed by atoms with van der Waals surface area (Å²) in [6.07, 6.45) is -16.6. The number of rotatable bonds is 6. The Morgan fingerprint density at radius 1 is 1.09 bits per heavy atom. The number of nitrogens with one attached hydrogen (secondary N) is 1. The monoisotopic (exact) mass is 646 g/mol. The van der Waals surface area contributed by atoms with Crippen LogP contribution < -0.4 is 15.8 Å². The first-order valence-corrected chi connectivity index (χ1v) is 12.2. The number of carbonyl (C=O) groups excluding carboxylic acids is 2. The Balaban J connectivity index is 1.71. The maximum Gasteiger partial charge on any atom is 0.426 e. The van der Waals surface area contributed by atoms with Crippen molar-refractivity contribution in [3.05, 3.63) is 41.7 Å². The standard InChI is InChI=1S/C24H20F10N6O4/c1-21(43,24(32,33)34)20(42)39-6-13(25)14(7-39)38-19(41)11-4-10(2-3-16(11)44-8-22(26,27)28)15-5-12(23(29,30)31)17-18(35)36-9-37-40(15)17/h2-5,9,13-14,43H,6-8H2,1H3,(H,38,41)(H2,35,36,37)/t13-,14+,21+/m0/s1. The summed E-state index contributed by atoms with van der Waals surface area (Å²) < 4.78 is 139. The van der Waals surface area contributed by atoms with Gasteiger partial charge >= 0.3 is 18.5 Å². The molecule has 1 saturated heterocycles. The highest BCUT2D eigenvalue weighted by atomic mass is 19.4. The molecule has 1 aliphatic heterocycles. The predicted molar refractivity (Wildman–Crippen MR) is 129 cm³/mol. The molecule has 4 rings (SSSR count). The van der Waals surface area contributed by atoms with Crippen LogP contribution in [0.5, 0.6) is 5.75 Å². The fraction of sp³-hybridized carbons (Fsp3) is 0.417. The lowest BCUT2D eigenvalue weighted by molar-refractivity contribution is -0.249. The number of aromatic nitrogens is 3. The minimum atomic E-state index is -5.42. The molecular formula is C24H20F10N6O4. The van der Waals surface area contributed by atoms with Crippen molar-refractivity contribution < 1.29 is 63.3 Å². The van der Waals surface area contributed by atoms with E-state index in [0.717, 1.165) is 29.0 Å². The molecular weight excluding hydrogens is 626 g/mol. The highest BCUT2D eigenvalue weighted by Crippen LogP contribution is 2.39. The molecule has 3 heterocycles. The van der Waals surface area contributed by atoms with Crippen LogP contribution in [0.2, 0.25) is 0 Å². The van der Waals surface area contributed by atoms with Gasteiger partial charge in [-0.2, -0.15) is 44.6 Å². The molecule has 2 amide bonds. The number of benzene rings is 1. The van der Waals surface area contributed by atoms with Crippen LogP contribution in [-0.4, -0.2) is 86.3 Å². The van der Waals surface area contributed by atoms with Crippen LogP contribution in [-0.2, 0) is 11.0 Å². The van der Waals surface area contributed by atoms with E-state index in [2.05, 4.69) is 14.8 Å². The average molecular weight is 646 g/mol. The van der Waals surface area contributed by atoms with Gasteiger partial charge in [0, 0.05) is 12.1 Å². The molecule has 0 radical (unpaired) electrons. The van der Waals surface area contributed by atoms with E-state index >= 15 is 0 Å². The van der Waals surface area contributed by atoms with Gasteiger partial charge in [-0.25, -0.2) is 13.9 Å². The minimum absolute atomic E-state index is 0.151. The lowest BCUT2D eigenvalue weighted by atomic mass is 10.0. The van der Waals surface area contributed by atoms with Crippen molar-refractivity contribution in [3.63, 3.8) is 0 Å². The second-order valence-corrected chi connectivity index (χ2v) is 9.84. The second-order valence-electron chi connectivity index (χ2n) is 9.84. The average Bonchev–Trinajstić information content (AvgIpc) is 3.47. The quantitative estimate of drug-likeness (QED) is 0.349. The van der Waals surface area contributed by atoms with E-state index in [1.165, 1.54) is 0 Å². The largest absolute Gasteiger partial charge is 0.483 e. The number of ether oxygens (including phenoxy) is 1. The van der Waals surface area contributed by atoms with Crippen molar-refractivity contribution in [2.24, 2.45) is 0 Å². The number of anilines is 1. The van der Waals surface area contributed by atoms with Crippen LogP contribution in [0.1, 0.15) is 22.8 Å². The number of hydrogen-bond donors (Lipinski definition) is 3. The topological polar surface area (TPSA) is 135 Å². The summed E-state index contributed by atoms with van der Waals surface area (Å²) in [5.41, 5.74) is -1.52. The molecule has 0 aliphatic carbocycles. The zero-order valence-electron chi connectivity index (χ0n) is 22.0. The molecule has 0 unspecified atom stereocenters. The van der Waals surface area contributed by atoms with Crippen molar-refractivity contribution in [3.8, 4) is 17.0 Å². The first-order valence-electron chi connectivity index (χ1n) is 12.2. The van der Waals surface area contributed by atoms with Crippen LogP contribution >= 0.6 is 0 Å². The zero-order chi connectivity index (χ0) is 33.0. The maximum atomic E-state index is 14.7. The normalized spacial score (nSPS) is 19.2. The molecule has 0 bridgehead atoms. The summed E-state index contributed by atoms with van der Waals surface area (Å²) in [6.45, 7) is -3.61. The molecule has 1 aliphatic rings. The van der Waals surface area contributed by atoms with E-state index in [4.69, 9.17) is 5.73 Å². The van der Waals surface area contributed by atoms with Gasteiger partial charge < -0.3 is 25.8 Å². The van der Waals surface area contributed by atoms with E-state index in [9.17, 15) is 58.6 Å². The van der Waals surface area contributed by atoms with Gasteiger partial charge in [-0.3, -0.25) is 9.59 Å². The second kappa shape index (κ2) is 11.0. The lowest BCUT2D eigenvalue weighted by Crippen LogP contribution is -2.56. The summed E-state index contributed by atoms with van der Waals surface area (Å²) >= 11 is 0. The first kappa shape index (κ1) is 32.6. The number of likely N-dealkylation sites (tertiary alicyclic amines) is 1. The van der Waals surface area contributed by atoms with Crippen molar-refractivity contribution in [2.75, 3.05) is 25.4 Å².